The quantitative estimate of drug-likeness (QED) is 0.668. The number of carbonyl (C=O) groups is 1. The second-order valence-corrected chi connectivity index (χ2v) is 7.38. The molecule has 0 spiro atoms. The predicted molar refractivity (Wildman–Crippen MR) is 107 cm³/mol. The molecule has 2 aromatic carbocycles. The van der Waals surface area contributed by atoms with Crippen molar-refractivity contribution < 1.29 is 14.3 Å². The molecule has 0 saturated heterocycles. The molecule has 0 fully saturated rings. The van der Waals surface area contributed by atoms with E-state index in [1.807, 2.05) is 31.2 Å². The van der Waals surface area contributed by atoms with Crippen LogP contribution < -0.4 is 5.32 Å². The minimum atomic E-state index is -0.581. The van der Waals surface area contributed by atoms with Crippen molar-refractivity contribution in [3.8, 4) is 11.4 Å². The summed E-state index contributed by atoms with van der Waals surface area (Å²) in [5.74, 6) is 0.0682. The second-order valence-electron chi connectivity index (χ2n) is 6.97. The molecule has 3 aromatic rings. The summed E-state index contributed by atoms with van der Waals surface area (Å²) in [4.78, 5) is 17.1. The highest BCUT2D eigenvalue weighted by molar-refractivity contribution is 6.30. The van der Waals surface area contributed by atoms with Gasteiger partial charge in [0, 0.05) is 18.5 Å². The number of aliphatic hydroxyl groups excluding tert-OH is 1. The fourth-order valence-corrected chi connectivity index (χ4v) is 3.77. The van der Waals surface area contributed by atoms with Gasteiger partial charge in [-0.3, -0.25) is 4.79 Å². The maximum Gasteiger partial charge on any atom is 0.228 e. The number of benzene rings is 2. The fourth-order valence-electron chi connectivity index (χ4n) is 3.65. The monoisotopic (exact) mass is 414 g/mol. The Morgan fingerprint density at radius 1 is 1.31 bits per heavy atom. The first-order valence-corrected chi connectivity index (χ1v) is 9.79. The topological polar surface area (TPSA) is 80.0 Å². The van der Waals surface area contributed by atoms with Crippen molar-refractivity contribution in [3.05, 3.63) is 70.3 Å². The van der Waals surface area contributed by atoms with Gasteiger partial charge in [0.05, 0.1) is 23.6 Å². The molecule has 0 unspecified atom stereocenters. The van der Waals surface area contributed by atoms with Gasteiger partial charge in [0.15, 0.2) is 5.82 Å². The van der Waals surface area contributed by atoms with Crippen molar-refractivity contribution in [2.24, 2.45) is 0 Å². The molecule has 6 nitrogen and oxygen atoms in total. The van der Waals surface area contributed by atoms with E-state index in [0.29, 0.717) is 30.2 Å². The average Bonchev–Trinajstić information content (AvgIpc) is 3.25. The SMILES string of the molecule is CCn1nc(-c2ccc(Cl)c(F)c2)nc1CC(=O)N[C@@H]1C[C@@H](O)c2ccccc21. The summed E-state index contributed by atoms with van der Waals surface area (Å²) >= 11 is 5.74. The smallest absolute Gasteiger partial charge is 0.228 e. The standard InChI is InChI=1S/C21H20ClFN4O2/c1-2-27-19(25-21(26-27)12-7-8-15(22)16(23)9-12)11-20(29)24-17-10-18(28)14-6-4-3-5-13(14)17/h3-9,17-18,28H,2,10-11H2,1H3,(H,24,29)/t17-,18-/m1/s1. The Hall–Kier alpha value is -2.77. The molecule has 0 radical (unpaired) electrons. The number of nitrogens with one attached hydrogen (secondary N) is 1. The van der Waals surface area contributed by atoms with E-state index in [-0.39, 0.29) is 23.4 Å². The number of aromatic nitrogens is 3. The van der Waals surface area contributed by atoms with Gasteiger partial charge >= 0.3 is 0 Å². The number of aryl methyl sites for hydroxylation is 1. The average molecular weight is 415 g/mol. The maximum atomic E-state index is 13.8. The largest absolute Gasteiger partial charge is 0.388 e. The number of hydrogen-bond acceptors (Lipinski definition) is 4. The van der Waals surface area contributed by atoms with Crippen LogP contribution in [0.3, 0.4) is 0 Å². The fraction of sp³-hybridized carbons (Fsp3) is 0.286. The summed E-state index contributed by atoms with van der Waals surface area (Å²) in [5.41, 5.74) is 2.28. The van der Waals surface area contributed by atoms with Crippen molar-refractivity contribution in [3.63, 3.8) is 0 Å². The molecule has 0 saturated carbocycles. The molecule has 2 atom stereocenters. The second kappa shape index (κ2) is 7.93. The lowest BCUT2D eigenvalue weighted by atomic mass is 10.1. The van der Waals surface area contributed by atoms with Crippen LogP contribution in [0.15, 0.2) is 42.5 Å². The highest BCUT2D eigenvalue weighted by Gasteiger charge is 2.30. The van der Waals surface area contributed by atoms with Gasteiger partial charge in [-0.25, -0.2) is 14.1 Å². The molecular weight excluding hydrogens is 395 g/mol. The Morgan fingerprint density at radius 3 is 2.79 bits per heavy atom. The number of halogens is 2. The van der Waals surface area contributed by atoms with Crippen molar-refractivity contribution in [2.45, 2.75) is 38.5 Å². The van der Waals surface area contributed by atoms with E-state index in [1.54, 1.807) is 10.7 Å². The van der Waals surface area contributed by atoms with Gasteiger partial charge in [0.1, 0.15) is 11.6 Å². The van der Waals surface area contributed by atoms with Crippen LogP contribution in [0.25, 0.3) is 11.4 Å². The Labute approximate surface area is 172 Å². The Morgan fingerprint density at radius 2 is 2.07 bits per heavy atom. The highest BCUT2D eigenvalue weighted by atomic mass is 35.5. The molecule has 1 heterocycles. The first-order chi connectivity index (χ1) is 14.0. The van der Waals surface area contributed by atoms with Crippen LogP contribution in [0.2, 0.25) is 5.02 Å². The summed E-state index contributed by atoms with van der Waals surface area (Å²) in [6.07, 6.45) is -0.103. The van der Waals surface area contributed by atoms with E-state index >= 15 is 0 Å². The van der Waals surface area contributed by atoms with Crippen LogP contribution in [0.1, 0.15) is 42.4 Å². The van der Waals surface area contributed by atoms with Crippen molar-refractivity contribution in [1.29, 1.82) is 0 Å². The van der Waals surface area contributed by atoms with E-state index < -0.39 is 11.9 Å². The molecular formula is C21H20ClFN4O2. The number of hydrogen-bond donors (Lipinski definition) is 2. The summed E-state index contributed by atoms with van der Waals surface area (Å²) in [7, 11) is 0. The van der Waals surface area contributed by atoms with Gasteiger partial charge in [0.2, 0.25) is 5.91 Å². The van der Waals surface area contributed by atoms with Crippen LogP contribution in [0, 0.1) is 5.82 Å². The molecule has 0 bridgehead atoms. The normalized spacial score (nSPS) is 17.9. The lowest BCUT2D eigenvalue weighted by Gasteiger charge is -2.13. The zero-order valence-corrected chi connectivity index (χ0v) is 16.5. The zero-order valence-electron chi connectivity index (χ0n) is 15.8. The van der Waals surface area contributed by atoms with E-state index in [1.165, 1.54) is 12.1 Å². The summed E-state index contributed by atoms with van der Waals surface area (Å²) in [6.45, 7) is 2.42. The third kappa shape index (κ3) is 3.88. The Kier molecular flexibility index (Phi) is 5.34. The van der Waals surface area contributed by atoms with Crippen molar-refractivity contribution in [2.75, 3.05) is 0 Å². The van der Waals surface area contributed by atoms with E-state index in [4.69, 9.17) is 11.6 Å². The Balaban J connectivity index is 1.51. The van der Waals surface area contributed by atoms with E-state index in [0.717, 1.165) is 11.1 Å². The molecule has 29 heavy (non-hydrogen) atoms. The summed E-state index contributed by atoms with van der Waals surface area (Å²) < 4.78 is 15.4. The van der Waals surface area contributed by atoms with Crippen LogP contribution in [-0.4, -0.2) is 25.8 Å². The first kappa shape index (κ1) is 19.5. The van der Waals surface area contributed by atoms with Crippen LogP contribution >= 0.6 is 11.6 Å². The van der Waals surface area contributed by atoms with Gasteiger partial charge in [0.25, 0.3) is 0 Å². The molecule has 1 aromatic heterocycles. The van der Waals surface area contributed by atoms with Crippen molar-refractivity contribution >= 4 is 17.5 Å². The number of fused-ring (bicyclic) bond motifs is 1. The molecule has 8 heteroatoms. The van der Waals surface area contributed by atoms with E-state index in [9.17, 15) is 14.3 Å². The summed E-state index contributed by atoms with van der Waals surface area (Å²) in [5, 5.41) is 17.6. The van der Waals surface area contributed by atoms with E-state index in [2.05, 4.69) is 15.4 Å². The molecule has 0 aliphatic heterocycles. The molecule has 150 valence electrons. The number of rotatable bonds is 5. The van der Waals surface area contributed by atoms with Gasteiger partial charge in [-0.2, -0.15) is 5.10 Å². The van der Waals surface area contributed by atoms with Crippen LogP contribution in [0.5, 0.6) is 0 Å². The number of aliphatic hydroxyl groups is 1. The number of carbonyl (C=O) groups excluding carboxylic acids is 1. The predicted octanol–water partition coefficient (Wildman–Crippen LogP) is 3.59. The van der Waals surface area contributed by atoms with Crippen LogP contribution in [-0.2, 0) is 17.8 Å². The summed E-state index contributed by atoms with van der Waals surface area (Å²) in [6, 6.07) is 11.7. The maximum absolute atomic E-state index is 13.8. The molecule has 4 rings (SSSR count). The molecule has 1 amide bonds. The third-order valence-corrected chi connectivity index (χ3v) is 5.38. The third-order valence-electron chi connectivity index (χ3n) is 5.07. The first-order valence-electron chi connectivity index (χ1n) is 9.41. The Bertz CT molecular complexity index is 1070. The van der Waals surface area contributed by atoms with Crippen molar-refractivity contribution in [1.82, 2.24) is 20.1 Å². The minimum absolute atomic E-state index is 0.0299. The molecule has 1 aliphatic rings. The molecule has 1 aliphatic carbocycles. The zero-order chi connectivity index (χ0) is 20.5. The highest BCUT2D eigenvalue weighted by Crippen LogP contribution is 2.38. The minimum Gasteiger partial charge on any atom is -0.388 e. The van der Waals surface area contributed by atoms with Gasteiger partial charge < -0.3 is 10.4 Å². The van der Waals surface area contributed by atoms with Gasteiger partial charge in [-0.1, -0.05) is 35.9 Å². The number of nitrogens with zero attached hydrogens (tertiary/aromatic N) is 3. The number of amides is 1. The lowest BCUT2D eigenvalue weighted by molar-refractivity contribution is -0.121. The molecule has 2 N–H and O–H groups in total. The lowest BCUT2D eigenvalue weighted by Crippen LogP contribution is -2.29. The van der Waals surface area contributed by atoms with Gasteiger partial charge in [-0.05, 0) is 36.2 Å². The van der Waals surface area contributed by atoms with Gasteiger partial charge in [-0.15, -0.1) is 0 Å². The van der Waals surface area contributed by atoms with Crippen LogP contribution in [0.4, 0.5) is 4.39 Å².